The molecule has 0 aromatic carbocycles. The second-order valence-electron chi connectivity index (χ2n) is 4.52. The third-order valence-electron chi connectivity index (χ3n) is 2.60. The van der Waals surface area contributed by atoms with Crippen LogP contribution in [0.15, 0.2) is 0 Å². The zero-order valence-corrected chi connectivity index (χ0v) is 11.9. The Kier molecular flexibility index (Phi) is 8.19. The lowest BCUT2D eigenvalue weighted by molar-refractivity contribution is -0.144. The molecule has 0 saturated heterocycles. The second-order valence-corrected chi connectivity index (χ2v) is 4.52. The Labute approximate surface area is 125 Å². The van der Waals surface area contributed by atoms with Gasteiger partial charge >= 0.3 is 17.9 Å². The largest absolute Gasteiger partial charge is 0.481 e. The van der Waals surface area contributed by atoms with Gasteiger partial charge in [0.05, 0.1) is 0 Å². The van der Waals surface area contributed by atoms with E-state index in [0.717, 1.165) is 6.92 Å². The molecule has 0 spiro atoms. The van der Waals surface area contributed by atoms with Gasteiger partial charge in [-0.25, -0.2) is 4.79 Å². The third kappa shape index (κ3) is 8.51. The van der Waals surface area contributed by atoms with Crippen molar-refractivity contribution in [2.75, 3.05) is 0 Å². The number of nitrogens with one attached hydrogen (secondary N) is 2. The first-order chi connectivity index (χ1) is 10.1. The van der Waals surface area contributed by atoms with Gasteiger partial charge in [0.25, 0.3) is 0 Å². The summed E-state index contributed by atoms with van der Waals surface area (Å²) in [5.74, 6) is -5.28. The molecule has 0 radical (unpaired) electrons. The molecule has 0 aromatic rings. The number of carboxylic acids is 3. The average Bonchev–Trinajstić information content (AvgIpc) is 2.37. The van der Waals surface area contributed by atoms with Gasteiger partial charge < -0.3 is 26.0 Å². The van der Waals surface area contributed by atoms with Crippen LogP contribution in [0.3, 0.4) is 0 Å². The topological polar surface area (TPSA) is 170 Å². The van der Waals surface area contributed by atoms with E-state index in [9.17, 15) is 24.0 Å². The van der Waals surface area contributed by atoms with Crippen molar-refractivity contribution >= 4 is 29.7 Å². The van der Waals surface area contributed by atoms with E-state index in [4.69, 9.17) is 15.3 Å². The molecule has 22 heavy (non-hydrogen) atoms. The van der Waals surface area contributed by atoms with E-state index in [1.165, 1.54) is 0 Å². The molecule has 0 rings (SSSR count). The SMILES string of the molecule is CC(=O)N[C@@H](CCC(=O)O)C(=O)N[C@@H](CCC(=O)O)C(=O)O. The molecule has 10 nitrogen and oxygen atoms in total. The van der Waals surface area contributed by atoms with Crippen molar-refractivity contribution in [2.45, 2.75) is 44.7 Å². The lowest BCUT2D eigenvalue weighted by Crippen LogP contribution is -2.51. The Morgan fingerprint density at radius 1 is 0.818 bits per heavy atom. The van der Waals surface area contributed by atoms with Crippen LogP contribution in [0.2, 0.25) is 0 Å². The maximum atomic E-state index is 11.9. The summed E-state index contributed by atoms with van der Waals surface area (Å²) in [6.45, 7) is 1.13. The Balaban J connectivity index is 4.79. The van der Waals surface area contributed by atoms with Crippen molar-refractivity contribution in [3.8, 4) is 0 Å². The minimum Gasteiger partial charge on any atom is -0.481 e. The van der Waals surface area contributed by atoms with Crippen LogP contribution >= 0.6 is 0 Å². The lowest BCUT2D eigenvalue weighted by atomic mass is 10.1. The molecule has 0 bridgehead atoms. The highest BCUT2D eigenvalue weighted by molar-refractivity contribution is 5.90. The fourth-order valence-electron chi connectivity index (χ4n) is 1.58. The van der Waals surface area contributed by atoms with Crippen LogP contribution in [0.4, 0.5) is 0 Å². The summed E-state index contributed by atoms with van der Waals surface area (Å²) >= 11 is 0. The van der Waals surface area contributed by atoms with Crippen LogP contribution in [-0.2, 0) is 24.0 Å². The van der Waals surface area contributed by atoms with E-state index in [1.54, 1.807) is 0 Å². The summed E-state index contributed by atoms with van der Waals surface area (Å²) in [7, 11) is 0. The normalized spacial score (nSPS) is 12.8. The molecule has 124 valence electrons. The molecule has 0 aliphatic heterocycles. The van der Waals surface area contributed by atoms with Crippen LogP contribution in [0, 0.1) is 0 Å². The molecule has 10 heteroatoms. The number of amides is 2. The standard InChI is InChI=1S/C12H18N2O8/c1-6(15)13-7(2-4-9(16)17)11(20)14-8(12(21)22)3-5-10(18)19/h7-8H,2-5H2,1H3,(H,13,15)(H,14,20)(H,16,17)(H,18,19)(H,21,22)/t7-,8-/m0/s1. The summed E-state index contributed by atoms with van der Waals surface area (Å²) in [5.41, 5.74) is 0. The maximum Gasteiger partial charge on any atom is 0.326 e. The van der Waals surface area contributed by atoms with Gasteiger partial charge in [-0.05, 0) is 12.8 Å². The van der Waals surface area contributed by atoms with Crippen molar-refractivity contribution in [1.82, 2.24) is 10.6 Å². The van der Waals surface area contributed by atoms with E-state index in [2.05, 4.69) is 10.6 Å². The zero-order valence-electron chi connectivity index (χ0n) is 11.9. The van der Waals surface area contributed by atoms with Crippen molar-refractivity contribution in [1.29, 1.82) is 0 Å². The Morgan fingerprint density at radius 2 is 1.27 bits per heavy atom. The average molecular weight is 318 g/mol. The second kappa shape index (κ2) is 9.32. The highest BCUT2D eigenvalue weighted by atomic mass is 16.4. The van der Waals surface area contributed by atoms with Crippen LogP contribution in [0.5, 0.6) is 0 Å². The van der Waals surface area contributed by atoms with Crippen LogP contribution in [0.1, 0.15) is 32.6 Å². The molecule has 0 aromatic heterocycles. The van der Waals surface area contributed by atoms with Crippen molar-refractivity contribution in [2.24, 2.45) is 0 Å². The molecule has 2 atom stereocenters. The van der Waals surface area contributed by atoms with Crippen LogP contribution < -0.4 is 10.6 Å². The highest BCUT2D eigenvalue weighted by Gasteiger charge is 2.26. The highest BCUT2D eigenvalue weighted by Crippen LogP contribution is 2.03. The predicted octanol–water partition coefficient (Wildman–Crippen LogP) is -1.21. The molecule has 0 saturated carbocycles. The van der Waals surface area contributed by atoms with Crippen molar-refractivity contribution in [3.63, 3.8) is 0 Å². The van der Waals surface area contributed by atoms with E-state index in [1.807, 2.05) is 0 Å². The van der Waals surface area contributed by atoms with E-state index >= 15 is 0 Å². The number of carboxylic acid groups (broad SMARTS) is 3. The molecule has 0 aliphatic rings. The van der Waals surface area contributed by atoms with Gasteiger partial charge in [0.1, 0.15) is 12.1 Å². The van der Waals surface area contributed by atoms with Gasteiger partial charge in [0.15, 0.2) is 0 Å². The molecule has 0 fully saturated rings. The van der Waals surface area contributed by atoms with Gasteiger partial charge in [0, 0.05) is 19.8 Å². The lowest BCUT2D eigenvalue weighted by Gasteiger charge is -2.20. The quantitative estimate of drug-likeness (QED) is 0.334. The van der Waals surface area contributed by atoms with E-state index in [-0.39, 0.29) is 12.8 Å². The summed E-state index contributed by atoms with van der Waals surface area (Å²) in [5, 5.41) is 30.4. The molecule has 0 unspecified atom stereocenters. The third-order valence-corrected chi connectivity index (χ3v) is 2.60. The van der Waals surface area contributed by atoms with Gasteiger partial charge in [0.2, 0.25) is 11.8 Å². The maximum absolute atomic E-state index is 11.9. The summed E-state index contributed by atoms with van der Waals surface area (Å²) in [6.07, 6.45) is -1.41. The summed E-state index contributed by atoms with van der Waals surface area (Å²) in [4.78, 5) is 54.9. The predicted molar refractivity (Wildman–Crippen MR) is 70.9 cm³/mol. The van der Waals surface area contributed by atoms with Gasteiger partial charge in [-0.3, -0.25) is 19.2 Å². The zero-order chi connectivity index (χ0) is 17.3. The number of hydrogen-bond donors (Lipinski definition) is 5. The monoisotopic (exact) mass is 318 g/mol. The van der Waals surface area contributed by atoms with Gasteiger partial charge in [-0.2, -0.15) is 0 Å². The minimum absolute atomic E-state index is 0.216. The molecule has 2 amide bonds. The first-order valence-corrected chi connectivity index (χ1v) is 6.37. The fourth-order valence-corrected chi connectivity index (χ4v) is 1.58. The minimum atomic E-state index is -1.44. The van der Waals surface area contributed by atoms with Gasteiger partial charge in [-0.15, -0.1) is 0 Å². The number of rotatable bonds is 10. The Hall–Kier alpha value is -2.65. The first kappa shape index (κ1) is 19.4. The summed E-state index contributed by atoms with van der Waals surface area (Å²) < 4.78 is 0. The number of hydrogen-bond acceptors (Lipinski definition) is 5. The Morgan fingerprint density at radius 3 is 1.64 bits per heavy atom. The van der Waals surface area contributed by atoms with E-state index < -0.39 is 54.6 Å². The molecule has 0 heterocycles. The number of aliphatic carboxylic acids is 3. The van der Waals surface area contributed by atoms with Crippen molar-refractivity contribution < 1.29 is 39.3 Å². The molecular weight excluding hydrogens is 300 g/mol. The fraction of sp³-hybridized carbons (Fsp3) is 0.583. The molecule has 5 N–H and O–H groups in total. The Bertz CT molecular complexity index is 462. The number of carbonyl (C=O) groups is 5. The molecule has 0 aliphatic carbocycles. The van der Waals surface area contributed by atoms with Crippen LogP contribution in [0.25, 0.3) is 0 Å². The summed E-state index contributed by atoms with van der Waals surface area (Å²) in [6, 6.07) is -2.65. The molecular formula is C12H18N2O8. The van der Waals surface area contributed by atoms with Crippen molar-refractivity contribution in [3.05, 3.63) is 0 Å². The first-order valence-electron chi connectivity index (χ1n) is 6.37. The van der Waals surface area contributed by atoms with Gasteiger partial charge in [-0.1, -0.05) is 0 Å². The van der Waals surface area contributed by atoms with E-state index in [0.29, 0.717) is 0 Å². The number of carbonyl (C=O) groups excluding carboxylic acids is 2. The smallest absolute Gasteiger partial charge is 0.326 e. The van der Waals surface area contributed by atoms with Crippen LogP contribution in [-0.4, -0.2) is 57.1 Å².